The van der Waals surface area contributed by atoms with E-state index in [0.717, 1.165) is 0 Å². The predicted octanol–water partition coefficient (Wildman–Crippen LogP) is 2.41. The Bertz CT molecular complexity index is 762. The van der Waals surface area contributed by atoms with E-state index < -0.39 is 5.91 Å². The number of nitrogens with two attached hydrogens (primary N) is 1. The fourth-order valence-corrected chi connectivity index (χ4v) is 2.16. The van der Waals surface area contributed by atoms with E-state index in [4.69, 9.17) is 26.8 Å². The molecule has 0 aromatic heterocycles. The highest BCUT2D eigenvalue weighted by atomic mass is 35.5. The lowest BCUT2D eigenvalue weighted by Crippen LogP contribution is -2.19. The molecule has 0 aliphatic carbocycles. The maximum Gasteiger partial charge on any atom is 0.273 e. The second-order valence-electron chi connectivity index (χ2n) is 4.51. The lowest BCUT2D eigenvalue weighted by molar-refractivity contribution is 0.0956. The van der Waals surface area contributed by atoms with Gasteiger partial charge in [0.1, 0.15) is 0 Å². The van der Waals surface area contributed by atoms with Crippen molar-refractivity contribution in [3.05, 3.63) is 52.5 Å². The van der Waals surface area contributed by atoms with Gasteiger partial charge in [-0.1, -0.05) is 23.7 Å². The van der Waals surface area contributed by atoms with Crippen molar-refractivity contribution >= 4 is 29.4 Å². The molecule has 0 radical (unpaired) electrons. The number of nitrogens with zero attached hydrogens (tertiary/aromatic N) is 1. The van der Waals surface area contributed by atoms with E-state index in [2.05, 4.69) is 10.5 Å². The first kappa shape index (κ1) is 14.2. The summed E-state index contributed by atoms with van der Waals surface area (Å²) in [5, 5.41) is 4.33. The van der Waals surface area contributed by atoms with Crippen molar-refractivity contribution in [2.75, 3.05) is 12.5 Å². The van der Waals surface area contributed by atoms with Crippen LogP contribution in [0, 0.1) is 0 Å². The lowest BCUT2D eigenvalue weighted by Gasteiger charge is -2.04. The van der Waals surface area contributed by atoms with Crippen LogP contribution in [0.15, 0.2) is 41.5 Å². The standard InChI is InChI=1S/C15H12ClN3O3/c16-11-6-14-13(21-8-22-14)5-9(11)7-18-19-15(20)10-3-1-2-4-12(10)17/h1-7H,8,17H2,(H,19,20)/b18-7-. The molecule has 0 saturated heterocycles. The highest BCUT2D eigenvalue weighted by Crippen LogP contribution is 2.36. The Kier molecular flexibility index (Phi) is 3.84. The third-order valence-electron chi connectivity index (χ3n) is 3.07. The molecule has 1 heterocycles. The molecular formula is C15H12ClN3O3. The van der Waals surface area contributed by atoms with E-state index >= 15 is 0 Å². The summed E-state index contributed by atoms with van der Waals surface area (Å²) in [4.78, 5) is 11.9. The first-order valence-electron chi connectivity index (χ1n) is 6.42. The quantitative estimate of drug-likeness (QED) is 0.517. The average molecular weight is 318 g/mol. The average Bonchev–Trinajstić information content (AvgIpc) is 2.94. The number of nitrogen functional groups attached to an aromatic ring is 1. The Morgan fingerprint density at radius 3 is 2.77 bits per heavy atom. The van der Waals surface area contributed by atoms with Gasteiger partial charge in [0, 0.05) is 17.3 Å². The van der Waals surface area contributed by atoms with Gasteiger partial charge in [-0.05, 0) is 18.2 Å². The largest absolute Gasteiger partial charge is 0.454 e. The highest BCUT2D eigenvalue weighted by molar-refractivity contribution is 6.33. The topological polar surface area (TPSA) is 85.9 Å². The number of hydrazone groups is 1. The third-order valence-corrected chi connectivity index (χ3v) is 3.39. The van der Waals surface area contributed by atoms with Crippen LogP contribution in [0.2, 0.25) is 5.02 Å². The Morgan fingerprint density at radius 1 is 1.27 bits per heavy atom. The van der Waals surface area contributed by atoms with Gasteiger partial charge in [-0.25, -0.2) is 5.43 Å². The molecule has 2 aromatic carbocycles. The maximum absolute atomic E-state index is 11.9. The van der Waals surface area contributed by atoms with Crippen LogP contribution in [-0.4, -0.2) is 18.9 Å². The van der Waals surface area contributed by atoms with Gasteiger partial charge in [-0.3, -0.25) is 4.79 Å². The number of halogens is 1. The second-order valence-corrected chi connectivity index (χ2v) is 4.92. The number of benzene rings is 2. The molecule has 0 bridgehead atoms. The van der Waals surface area contributed by atoms with Crippen molar-refractivity contribution in [1.82, 2.24) is 5.43 Å². The van der Waals surface area contributed by atoms with Crippen LogP contribution in [-0.2, 0) is 0 Å². The molecular weight excluding hydrogens is 306 g/mol. The number of amides is 1. The minimum atomic E-state index is -0.397. The molecule has 3 rings (SSSR count). The first-order valence-corrected chi connectivity index (χ1v) is 6.80. The normalized spacial score (nSPS) is 12.6. The number of nitrogens with one attached hydrogen (secondary N) is 1. The smallest absolute Gasteiger partial charge is 0.273 e. The number of carbonyl (C=O) groups is 1. The van der Waals surface area contributed by atoms with Crippen LogP contribution in [0.4, 0.5) is 5.69 Å². The molecule has 22 heavy (non-hydrogen) atoms. The zero-order chi connectivity index (χ0) is 15.5. The number of fused-ring (bicyclic) bond motifs is 1. The first-order chi connectivity index (χ1) is 10.6. The zero-order valence-corrected chi connectivity index (χ0v) is 12.1. The van der Waals surface area contributed by atoms with E-state index in [0.29, 0.717) is 33.3 Å². The number of anilines is 1. The molecule has 2 aromatic rings. The zero-order valence-electron chi connectivity index (χ0n) is 11.4. The number of para-hydroxylation sites is 1. The number of ether oxygens (including phenoxy) is 2. The minimum absolute atomic E-state index is 0.163. The Hall–Kier alpha value is -2.73. The van der Waals surface area contributed by atoms with E-state index in [-0.39, 0.29) is 6.79 Å². The van der Waals surface area contributed by atoms with Gasteiger partial charge in [-0.2, -0.15) is 5.10 Å². The molecule has 1 aliphatic heterocycles. The molecule has 0 unspecified atom stereocenters. The van der Waals surface area contributed by atoms with Crippen molar-refractivity contribution in [1.29, 1.82) is 0 Å². The monoisotopic (exact) mass is 317 g/mol. The van der Waals surface area contributed by atoms with Crippen LogP contribution in [0.25, 0.3) is 0 Å². The van der Waals surface area contributed by atoms with Gasteiger partial charge in [0.2, 0.25) is 6.79 Å². The highest BCUT2D eigenvalue weighted by Gasteiger charge is 2.15. The molecule has 0 atom stereocenters. The van der Waals surface area contributed by atoms with Crippen LogP contribution in [0.1, 0.15) is 15.9 Å². The summed E-state index contributed by atoms with van der Waals surface area (Å²) in [5.74, 6) is 0.777. The summed E-state index contributed by atoms with van der Waals surface area (Å²) >= 11 is 6.11. The molecule has 1 amide bonds. The van der Waals surface area contributed by atoms with Gasteiger partial charge >= 0.3 is 0 Å². The van der Waals surface area contributed by atoms with Crippen molar-refractivity contribution in [2.45, 2.75) is 0 Å². The lowest BCUT2D eigenvalue weighted by atomic mass is 10.2. The predicted molar refractivity (Wildman–Crippen MR) is 83.5 cm³/mol. The Balaban J connectivity index is 1.73. The molecule has 7 heteroatoms. The Labute approximate surface area is 131 Å². The fraction of sp³-hybridized carbons (Fsp3) is 0.0667. The molecule has 6 nitrogen and oxygen atoms in total. The number of hydrogen-bond acceptors (Lipinski definition) is 5. The number of hydrogen-bond donors (Lipinski definition) is 2. The van der Waals surface area contributed by atoms with Crippen LogP contribution in [0.5, 0.6) is 11.5 Å². The second kappa shape index (κ2) is 5.95. The van der Waals surface area contributed by atoms with Gasteiger partial charge < -0.3 is 15.2 Å². The van der Waals surface area contributed by atoms with Gasteiger partial charge in [-0.15, -0.1) is 0 Å². The molecule has 112 valence electrons. The van der Waals surface area contributed by atoms with Crippen LogP contribution in [0.3, 0.4) is 0 Å². The molecule has 0 saturated carbocycles. The SMILES string of the molecule is Nc1ccccc1C(=O)N/N=C\c1cc2c(cc1Cl)OCO2. The number of carbonyl (C=O) groups excluding carboxylic acids is 1. The van der Waals surface area contributed by atoms with Gasteiger partial charge in [0.15, 0.2) is 11.5 Å². The third kappa shape index (κ3) is 2.82. The summed E-state index contributed by atoms with van der Waals surface area (Å²) < 4.78 is 10.5. The summed E-state index contributed by atoms with van der Waals surface area (Å²) in [5.41, 5.74) is 9.48. The van der Waals surface area contributed by atoms with E-state index in [1.54, 1.807) is 36.4 Å². The molecule has 3 N–H and O–H groups in total. The Morgan fingerprint density at radius 2 is 2.00 bits per heavy atom. The summed E-state index contributed by atoms with van der Waals surface area (Å²) in [6.45, 7) is 0.163. The number of rotatable bonds is 3. The van der Waals surface area contributed by atoms with Crippen molar-refractivity contribution < 1.29 is 14.3 Å². The van der Waals surface area contributed by atoms with Crippen molar-refractivity contribution in [3.8, 4) is 11.5 Å². The maximum atomic E-state index is 11.9. The minimum Gasteiger partial charge on any atom is -0.454 e. The van der Waals surface area contributed by atoms with Crippen molar-refractivity contribution in [3.63, 3.8) is 0 Å². The summed E-state index contributed by atoms with van der Waals surface area (Å²) in [7, 11) is 0. The molecule has 0 fully saturated rings. The van der Waals surface area contributed by atoms with Crippen LogP contribution >= 0.6 is 11.6 Å². The van der Waals surface area contributed by atoms with Gasteiger partial charge in [0.05, 0.1) is 16.8 Å². The molecule has 0 spiro atoms. The fourth-order valence-electron chi connectivity index (χ4n) is 1.96. The van der Waals surface area contributed by atoms with Crippen LogP contribution < -0.4 is 20.6 Å². The molecule has 1 aliphatic rings. The summed E-state index contributed by atoms with van der Waals surface area (Å²) in [6.07, 6.45) is 1.43. The van der Waals surface area contributed by atoms with Crippen molar-refractivity contribution in [2.24, 2.45) is 5.10 Å². The van der Waals surface area contributed by atoms with E-state index in [1.165, 1.54) is 6.21 Å². The van der Waals surface area contributed by atoms with E-state index in [1.807, 2.05) is 0 Å². The van der Waals surface area contributed by atoms with E-state index in [9.17, 15) is 4.79 Å². The van der Waals surface area contributed by atoms with Gasteiger partial charge in [0.25, 0.3) is 5.91 Å². The summed E-state index contributed by atoms with van der Waals surface area (Å²) in [6, 6.07) is 10.1.